The lowest BCUT2D eigenvalue weighted by Gasteiger charge is -2.39. The van der Waals surface area contributed by atoms with Crippen LogP contribution in [0.4, 0.5) is 0 Å². The summed E-state index contributed by atoms with van der Waals surface area (Å²) in [5.41, 5.74) is 4.64. The van der Waals surface area contributed by atoms with Crippen LogP contribution in [-0.4, -0.2) is 10.9 Å². The molecule has 2 nitrogen and oxygen atoms in total. The molecule has 2 aliphatic carbocycles. The fourth-order valence-electron chi connectivity index (χ4n) is 4.70. The molecule has 0 bridgehead atoms. The third-order valence-corrected chi connectivity index (χ3v) is 5.63. The van der Waals surface area contributed by atoms with E-state index in [1.807, 2.05) is 25.1 Å². The van der Waals surface area contributed by atoms with E-state index in [-0.39, 0.29) is 17.1 Å². The molecule has 0 heterocycles. The Kier molecular flexibility index (Phi) is 4.18. The number of fused-ring (bicyclic) bond motifs is 3. The minimum Gasteiger partial charge on any atom is -0.508 e. The van der Waals surface area contributed by atoms with Crippen LogP contribution in [0.2, 0.25) is 0 Å². The number of carbonyl (C=O) groups is 1. The fraction of sp³-hybridized carbons (Fsp3) is 0.476. The highest BCUT2D eigenvalue weighted by atomic mass is 16.3. The number of phenols is 1. The minimum atomic E-state index is 0.0658. The molecule has 2 heteroatoms. The summed E-state index contributed by atoms with van der Waals surface area (Å²) in [4.78, 5) is 12.8. The monoisotopic (exact) mass is 310 g/mol. The van der Waals surface area contributed by atoms with Crippen molar-refractivity contribution in [2.45, 2.75) is 52.4 Å². The van der Waals surface area contributed by atoms with Gasteiger partial charge >= 0.3 is 0 Å². The molecule has 3 rings (SSSR count). The Morgan fingerprint density at radius 3 is 2.91 bits per heavy atom. The zero-order valence-electron chi connectivity index (χ0n) is 14.2. The maximum atomic E-state index is 12.8. The van der Waals surface area contributed by atoms with Crippen LogP contribution in [0.5, 0.6) is 5.75 Å². The zero-order chi connectivity index (χ0) is 16.6. The topological polar surface area (TPSA) is 37.3 Å². The second-order valence-corrected chi connectivity index (χ2v) is 7.19. The van der Waals surface area contributed by atoms with Crippen LogP contribution in [0.25, 0.3) is 5.57 Å². The van der Waals surface area contributed by atoms with Crippen LogP contribution in [-0.2, 0) is 11.2 Å². The van der Waals surface area contributed by atoms with Crippen molar-refractivity contribution < 1.29 is 9.90 Å². The smallest absolute Gasteiger partial charge is 0.162 e. The summed E-state index contributed by atoms with van der Waals surface area (Å²) >= 11 is 0. The van der Waals surface area contributed by atoms with Crippen LogP contribution in [0.15, 0.2) is 36.4 Å². The van der Waals surface area contributed by atoms with E-state index in [9.17, 15) is 9.90 Å². The molecule has 1 aromatic carbocycles. The number of Topliss-reactive ketones (excluding diaryl/α,β-unsaturated/α-hetero) is 1. The lowest BCUT2D eigenvalue weighted by molar-refractivity contribution is -0.120. The van der Waals surface area contributed by atoms with E-state index >= 15 is 0 Å². The van der Waals surface area contributed by atoms with Gasteiger partial charge in [0.1, 0.15) is 5.75 Å². The zero-order valence-corrected chi connectivity index (χ0v) is 14.2. The molecule has 0 unspecified atom stereocenters. The van der Waals surface area contributed by atoms with Crippen molar-refractivity contribution in [2.24, 2.45) is 11.3 Å². The number of ketones is 1. The summed E-state index contributed by atoms with van der Waals surface area (Å²) in [7, 11) is 0. The number of allylic oxidation sites excluding steroid dienone is 3. The Morgan fingerprint density at radius 2 is 2.22 bits per heavy atom. The highest BCUT2D eigenvalue weighted by molar-refractivity contribution is 6.07. The van der Waals surface area contributed by atoms with Crippen molar-refractivity contribution in [3.05, 3.63) is 47.6 Å². The Bertz CT molecular complexity index is 683. The standard InChI is InChI=1S/C21H26O2/c1-4-6-10-21-12-15(7-5-2)20(23)14(3)19(21)18-9-8-17(22)11-16(18)13-21/h5,8-9,11,15,22H,2,4,6-7,10,12-13H2,1,3H3/t15-,21-/m0/s1. The van der Waals surface area contributed by atoms with Gasteiger partial charge in [0.25, 0.3) is 0 Å². The summed E-state index contributed by atoms with van der Waals surface area (Å²) in [5, 5.41) is 9.85. The summed E-state index contributed by atoms with van der Waals surface area (Å²) < 4.78 is 0. The molecule has 0 spiro atoms. The van der Waals surface area contributed by atoms with Gasteiger partial charge in [-0.2, -0.15) is 0 Å². The van der Waals surface area contributed by atoms with E-state index in [2.05, 4.69) is 13.5 Å². The van der Waals surface area contributed by atoms with Crippen molar-refractivity contribution in [3.8, 4) is 5.75 Å². The van der Waals surface area contributed by atoms with Gasteiger partial charge in [-0.1, -0.05) is 31.9 Å². The number of rotatable bonds is 5. The molecule has 0 amide bonds. The van der Waals surface area contributed by atoms with Gasteiger partial charge < -0.3 is 5.11 Å². The first kappa shape index (κ1) is 16.0. The molecule has 122 valence electrons. The molecule has 0 saturated carbocycles. The number of unbranched alkanes of at least 4 members (excludes halogenated alkanes) is 1. The molecule has 23 heavy (non-hydrogen) atoms. The normalized spacial score (nSPS) is 26.2. The lowest BCUT2D eigenvalue weighted by atomic mass is 9.63. The van der Waals surface area contributed by atoms with Crippen LogP contribution in [0.3, 0.4) is 0 Å². The highest BCUT2D eigenvalue weighted by Gasteiger charge is 2.48. The van der Waals surface area contributed by atoms with Gasteiger partial charge in [0, 0.05) is 11.3 Å². The molecule has 2 aliphatic rings. The van der Waals surface area contributed by atoms with Crippen molar-refractivity contribution in [1.82, 2.24) is 0 Å². The second-order valence-electron chi connectivity index (χ2n) is 7.19. The molecule has 1 N–H and O–H groups in total. The van der Waals surface area contributed by atoms with Crippen molar-refractivity contribution >= 4 is 11.4 Å². The van der Waals surface area contributed by atoms with Crippen molar-refractivity contribution in [1.29, 1.82) is 0 Å². The largest absolute Gasteiger partial charge is 0.508 e. The maximum Gasteiger partial charge on any atom is 0.162 e. The lowest BCUT2D eigenvalue weighted by Crippen LogP contribution is -2.34. The van der Waals surface area contributed by atoms with Gasteiger partial charge in [-0.15, -0.1) is 6.58 Å². The summed E-state index contributed by atoms with van der Waals surface area (Å²) in [6, 6.07) is 5.63. The quantitative estimate of drug-likeness (QED) is 0.771. The van der Waals surface area contributed by atoms with E-state index in [0.717, 1.165) is 37.7 Å². The fourth-order valence-corrected chi connectivity index (χ4v) is 4.70. The van der Waals surface area contributed by atoms with Gasteiger partial charge in [0.2, 0.25) is 0 Å². The molecule has 0 fully saturated rings. The molecule has 0 aromatic heterocycles. The average Bonchev–Trinajstić information content (AvgIpc) is 2.84. The third kappa shape index (κ3) is 2.54. The molecule has 0 aliphatic heterocycles. The van der Waals surface area contributed by atoms with E-state index in [0.29, 0.717) is 5.75 Å². The number of hydrogen-bond acceptors (Lipinski definition) is 2. The molecule has 1 aromatic rings. The third-order valence-electron chi connectivity index (χ3n) is 5.63. The summed E-state index contributed by atoms with van der Waals surface area (Å²) in [6.07, 6.45) is 7.96. The van der Waals surface area contributed by atoms with Crippen molar-refractivity contribution in [2.75, 3.05) is 0 Å². The Labute approximate surface area is 138 Å². The van der Waals surface area contributed by atoms with E-state index < -0.39 is 0 Å². The van der Waals surface area contributed by atoms with Gasteiger partial charge in [-0.25, -0.2) is 0 Å². The number of carbonyl (C=O) groups excluding carboxylic acids is 1. The molecular weight excluding hydrogens is 284 g/mol. The Morgan fingerprint density at radius 1 is 1.43 bits per heavy atom. The number of hydrogen-bond donors (Lipinski definition) is 1. The molecule has 2 atom stereocenters. The second kappa shape index (κ2) is 5.99. The summed E-state index contributed by atoms with van der Waals surface area (Å²) in [5.74, 6) is 0.671. The van der Waals surface area contributed by atoms with Crippen molar-refractivity contribution in [3.63, 3.8) is 0 Å². The Balaban J connectivity index is 2.13. The predicted molar refractivity (Wildman–Crippen MR) is 94.3 cm³/mol. The molecule has 0 saturated heterocycles. The van der Waals surface area contributed by atoms with Crippen LogP contribution < -0.4 is 0 Å². The van der Waals surface area contributed by atoms with Gasteiger partial charge in [-0.05, 0) is 67.0 Å². The summed E-state index contributed by atoms with van der Waals surface area (Å²) in [6.45, 7) is 8.05. The SMILES string of the molecule is C=CC[C@H]1C[C@@]2(CCCC)Cc3cc(O)ccc3C2=C(C)C1=O. The number of aromatic hydroxyl groups is 1. The van der Waals surface area contributed by atoms with Gasteiger partial charge in [0.15, 0.2) is 5.78 Å². The first-order valence-corrected chi connectivity index (χ1v) is 8.71. The first-order valence-electron chi connectivity index (χ1n) is 8.71. The van der Waals surface area contributed by atoms with Crippen LogP contribution in [0, 0.1) is 11.3 Å². The maximum absolute atomic E-state index is 12.8. The minimum absolute atomic E-state index is 0.0658. The van der Waals surface area contributed by atoms with Crippen LogP contribution in [0.1, 0.15) is 57.1 Å². The van der Waals surface area contributed by atoms with E-state index in [4.69, 9.17) is 0 Å². The number of phenolic OH excluding ortho intramolecular Hbond substituents is 1. The Hall–Kier alpha value is -1.83. The average molecular weight is 310 g/mol. The van der Waals surface area contributed by atoms with Gasteiger partial charge in [0.05, 0.1) is 0 Å². The van der Waals surface area contributed by atoms with Crippen LogP contribution >= 0.6 is 0 Å². The number of benzene rings is 1. The molecular formula is C21H26O2. The molecule has 0 radical (unpaired) electrons. The highest BCUT2D eigenvalue weighted by Crippen LogP contribution is 2.58. The van der Waals surface area contributed by atoms with Gasteiger partial charge in [-0.3, -0.25) is 4.79 Å². The predicted octanol–water partition coefficient (Wildman–Crippen LogP) is 5.06. The van der Waals surface area contributed by atoms with E-state index in [1.54, 1.807) is 6.07 Å². The van der Waals surface area contributed by atoms with E-state index in [1.165, 1.54) is 23.1 Å². The first-order chi connectivity index (χ1) is 11.0.